The van der Waals surface area contributed by atoms with E-state index in [4.69, 9.17) is 23.7 Å². The lowest BCUT2D eigenvalue weighted by atomic mass is 10.0. The van der Waals surface area contributed by atoms with Crippen LogP contribution in [0.2, 0.25) is 0 Å². The quantitative estimate of drug-likeness (QED) is 0.373. The van der Waals surface area contributed by atoms with Gasteiger partial charge in [0.15, 0.2) is 23.0 Å². The van der Waals surface area contributed by atoms with Crippen LogP contribution in [0.5, 0.6) is 28.7 Å². The Morgan fingerprint density at radius 3 is 2.00 bits per heavy atom. The third kappa shape index (κ3) is 4.57. The Morgan fingerprint density at radius 2 is 1.36 bits per heavy atom. The molecule has 0 atom stereocenters. The molecule has 7 nitrogen and oxygen atoms in total. The first kappa shape index (κ1) is 22.1. The second-order valence-electron chi connectivity index (χ2n) is 7.21. The number of methoxy groups -OCH3 is 4. The molecule has 0 fully saturated rings. The van der Waals surface area contributed by atoms with Crippen molar-refractivity contribution in [2.45, 2.75) is 6.61 Å². The molecule has 0 unspecified atom stereocenters. The standard InChI is InChI=1S/C26H26N2O5/c1-29-22-12-18(10-11-21(22)33-16-17-8-6-5-7-9-17)20-15-27-28-25(20)19-13-23(30-2)26(32-4)24(14-19)31-3/h5-15H,16H2,1-4H3,(H,27,28). The zero-order chi connectivity index (χ0) is 23.2. The zero-order valence-corrected chi connectivity index (χ0v) is 19.0. The van der Waals surface area contributed by atoms with Crippen molar-refractivity contribution in [3.8, 4) is 51.1 Å². The molecule has 170 valence electrons. The fourth-order valence-corrected chi connectivity index (χ4v) is 3.64. The van der Waals surface area contributed by atoms with Crippen molar-refractivity contribution >= 4 is 0 Å². The normalized spacial score (nSPS) is 10.5. The van der Waals surface area contributed by atoms with Crippen LogP contribution in [-0.2, 0) is 6.61 Å². The van der Waals surface area contributed by atoms with Crippen molar-refractivity contribution in [1.29, 1.82) is 0 Å². The number of H-pyrrole nitrogens is 1. The van der Waals surface area contributed by atoms with Gasteiger partial charge >= 0.3 is 0 Å². The van der Waals surface area contributed by atoms with E-state index in [2.05, 4.69) is 10.2 Å². The molecule has 7 heteroatoms. The summed E-state index contributed by atoms with van der Waals surface area (Å²) in [6.07, 6.45) is 1.78. The van der Waals surface area contributed by atoms with Crippen LogP contribution in [0.3, 0.4) is 0 Å². The fraction of sp³-hybridized carbons (Fsp3) is 0.192. The first-order valence-corrected chi connectivity index (χ1v) is 10.4. The number of hydrogen-bond acceptors (Lipinski definition) is 6. The lowest BCUT2D eigenvalue weighted by molar-refractivity contribution is 0.284. The summed E-state index contributed by atoms with van der Waals surface area (Å²) in [4.78, 5) is 0. The molecule has 0 aliphatic heterocycles. The minimum atomic E-state index is 0.457. The Morgan fingerprint density at radius 1 is 0.697 bits per heavy atom. The Balaban J connectivity index is 1.67. The molecule has 4 aromatic rings. The molecule has 1 aromatic heterocycles. The van der Waals surface area contributed by atoms with Gasteiger partial charge in [0.25, 0.3) is 0 Å². The van der Waals surface area contributed by atoms with Crippen molar-refractivity contribution < 1.29 is 23.7 Å². The van der Waals surface area contributed by atoms with Crippen LogP contribution in [0, 0.1) is 0 Å². The van der Waals surface area contributed by atoms with Gasteiger partial charge in [0, 0.05) is 11.1 Å². The van der Waals surface area contributed by atoms with Crippen molar-refractivity contribution in [3.63, 3.8) is 0 Å². The number of ether oxygens (including phenoxy) is 5. The summed E-state index contributed by atoms with van der Waals surface area (Å²) in [5.41, 5.74) is 4.58. The topological polar surface area (TPSA) is 74.8 Å². The summed E-state index contributed by atoms with van der Waals surface area (Å²) < 4.78 is 28.0. The first-order chi connectivity index (χ1) is 16.2. The summed E-state index contributed by atoms with van der Waals surface area (Å²) in [6, 6.07) is 19.6. The maximum absolute atomic E-state index is 5.99. The lowest BCUT2D eigenvalue weighted by Crippen LogP contribution is -1.98. The van der Waals surface area contributed by atoms with E-state index in [1.807, 2.05) is 60.7 Å². The van der Waals surface area contributed by atoms with Crippen molar-refractivity contribution in [3.05, 3.63) is 72.4 Å². The second kappa shape index (κ2) is 9.99. The SMILES string of the molecule is COc1cc(-c2cn[nH]c2-c2cc(OC)c(OC)c(OC)c2)ccc1OCc1ccccc1. The smallest absolute Gasteiger partial charge is 0.203 e. The van der Waals surface area contributed by atoms with E-state index >= 15 is 0 Å². The summed E-state index contributed by atoms with van der Waals surface area (Å²) >= 11 is 0. The second-order valence-corrected chi connectivity index (χ2v) is 7.21. The van der Waals surface area contributed by atoms with Gasteiger partial charge in [-0.15, -0.1) is 0 Å². The number of hydrogen-bond donors (Lipinski definition) is 1. The molecular formula is C26H26N2O5. The van der Waals surface area contributed by atoms with Crippen LogP contribution in [0.15, 0.2) is 66.9 Å². The van der Waals surface area contributed by atoms with Gasteiger partial charge in [-0.05, 0) is 35.4 Å². The molecule has 0 saturated carbocycles. The third-order valence-corrected chi connectivity index (χ3v) is 5.30. The van der Waals surface area contributed by atoms with E-state index in [1.165, 1.54) is 0 Å². The van der Waals surface area contributed by atoms with E-state index in [1.54, 1.807) is 34.6 Å². The average molecular weight is 447 g/mol. The third-order valence-electron chi connectivity index (χ3n) is 5.30. The monoisotopic (exact) mass is 446 g/mol. The van der Waals surface area contributed by atoms with Gasteiger partial charge in [-0.2, -0.15) is 5.10 Å². The number of rotatable bonds is 9. The molecule has 0 amide bonds. The summed E-state index contributed by atoms with van der Waals surface area (Å²) in [6.45, 7) is 0.457. The van der Waals surface area contributed by atoms with Crippen molar-refractivity contribution in [2.75, 3.05) is 28.4 Å². The predicted octanol–water partition coefficient (Wildman–Crippen LogP) is 5.36. The number of aromatic nitrogens is 2. The summed E-state index contributed by atoms with van der Waals surface area (Å²) in [5, 5.41) is 7.36. The molecule has 0 aliphatic carbocycles. The van der Waals surface area contributed by atoms with E-state index < -0.39 is 0 Å². The van der Waals surface area contributed by atoms with E-state index in [-0.39, 0.29) is 0 Å². The molecule has 3 aromatic carbocycles. The van der Waals surface area contributed by atoms with Gasteiger partial charge in [-0.1, -0.05) is 36.4 Å². The Labute approximate surface area is 192 Å². The van der Waals surface area contributed by atoms with Gasteiger partial charge in [0.1, 0.15) is 6.61 Å². The minimum Gasteiger partial charge on any atom is -0.493 e. The average Bonchev–Trinajstić information content (AvgIpc) is 3.37. The van der Waals surface area contributed by atoms with E-state index in [0.717, 1.165) is 27.9 Å². The van der Waals surface area contributed by atoms with Crippen molar-refractivity contribution in [2.24, 2.45) is 0 Å². The molecule has 4 rings (SSSR count). The molecule has 0 saturated heterocycles. The summed E-state index contributed by atoms with van der Waals surface area (Å²) in [5.74, 6) is 2.97. The van der Waals surface area contributed by atoms with Crippen LogP contribution >= 0.6 is 0 Å². The molecule has 0 aliphatic rings. The van der Waals surface area contributed by atoms with Crippen LogP contribution in [0.4, 0.5) is 0 Å². The maximum Gasteiger partial charge on any atom is 0.203 e. The van der Waals surface area contributed by atoms with Gasteiger partial charge < -0.3 is 23.7 Å². The van der Waals surface area contributed by atoms with Gasteiger partial charge in [0.2, 0.25) is 5.75 Å². The molecule has 1 heterocycles. The molecule has 0 radical (unpaired) electrons. The highest BCUT2D eigenvalue weighted by Gasteiger charge is 2.18. The number of aromatic amines is 1. The molecule has 1 N–H and O–H groups in total. The Kier molecular flexibility index (Phi) is 6.69. The van der Waals surface area contributed by atoms with E-state index in [0.29, 0.717) is 35.4 Å². The molecule has 33 heavy (non-hydrogen) atoms. The largest absolute Gasteiger partial charge is 0.493 e. The highest BCUT2D eigenvalue weighted by Crippen LogP contribution is 2.43. The van der Waals surface area contributed by atoms with Gasteiger partial charge in [0.05, 0.1) is 40.3 Å². The van der Waals surface area contributed by atoms with Gasteiger partial charge in [-0.3, -0.25) is 5.10 Å². The highest BCUT2D eigenvalue weighted by molar-refractivity contribution is 5.83. The molecular weight excluding hydrogens is 420 g/mol. The Hall–Kier alpha value is -4.13. The summed E-state index contributed by atoms with van der Waals surface area (Å²) in [7, 11) is 6.39. The number of nitrogens with zero attached hydrogens (tertiary/aromatic N) is 1. The minimum absolute atomic E-state index is 0.457. The van der Waals surface area contributed by atoms with Gasteiger partial charge in [-0.25, -0.2) is 0 Å². The zero-order valence-electron chi connectivity index (χ0n) is 19.0. The number of nitrogens with one attached hydrogen (secondary N) is 1. The lowest BCUT2D eigenvalue weighted by Gasteiger charge is -2.15. The van der Waals surface area contributed by atoms with Crippen molar-refractivity contribution in [1.82, 2.24) is 10.2 Å². The Bertz CT molecular complexity index is 1200. The van der Waals surface area contributed by atoms with Crippen LogP contribution in [-0.4, -0.2) is 38.6 Å². The first-order valence-electron chi connectivity index (χ1n) is 10.4. The molecule has 0 spiro atoms. The van der Waals surface area contributed by atoms with Crippen LogP contribution in [0.25, 0.3) is 22.4 Å². The fourth-order valence-electron chi connectivity index (χ4n) is 3.64. The maximum atomic E-state index is 5.99. The van der Waals surface area contributed by atoms with Crippen LogP contribution in [0.1, 0.15) is 5.56 Å². The predicted molar refractivity (Wildman–Crippen MR) is 126 cm³/mol. The van der Waals surface area contributed by atoms with E-state index in [9.17, 15) is 0 Å². The number of benzene rings is 3. The molecule has 0 bridgehead atoms. The highest BCUT2D eigenvalue weighted by atomic mass is 16.5. The van der Waals surface area contributed by atoms with Crippen LogP contribution < -0.4 is 23.7 Å².